The van der Waals surface area contributed by atoms with Crippen LogP contribution in [0.25, 0.3) is 27.8 Å². The fourth-order valence-corrected chi connectivity index (χ4v) is 3.60. The first kappa shape index (κ1) is 17.4. The third-order valence-electron chi connectivity index (χ3n) is 5.23. The molecule has 0 aliphatic carbocycles. The maximum atomic E-state index is 4.95. The van der Waals surface area contributed by atoms with Crippen molar-refractivity contribution in [2.75, 3.05) is 5.32 Å². The zero-order valence-electron chi connectivity index (χ0n) is 16.4. The van der Waals surface area contributed by atoms with Gasteiger partial charge in [-0.2, -0.15) is 4.52 Å². The van der Waals surface area contributed by atoms with E-state index in [1.54, 1.807) is 0 Å². The van der Waals surface area contributed by atoms with Crippen LogP contribution in [0.4, 0.5) is 5.82 Å². The van der Waals surface area contributed by atoms with Gasteiger partial charge in [-0.3, -0.25) is 0 Å². The molecule has 29 heavy (non-hydrogen) atoms. The molecule has 2 heterocycles. The quantitative estimate of drug-likeness (QED) is 0.453. The molecule has 0 fully saturated rings. The van der Waals surface area contributed by atoms with E-state index in [0.717, 1.165) is 33.6 Å². The molecule has 5 rings (SSSR count). The summed E-state index contributed by atoms with van der Waals surface area (Å²) >= 11 is 0. The molecule has 0 spiro atoms. The average Bonchev–Trinajstić information content (AvgIpc) is 3.19. The summed E-state index contributed by atoms with van der Waals surface area (Å²) in [5.41, 5.74) is 5.94. The van der Waals surface area contributed by atoms with Gasteiger partial charge in [0, 0.05) is 17.0 Å². The normalized spacial score (nSPS) is 12.3. The van der Waals surface area contributed by atoms with Crippen LogP contribution in [0.2, 0.25) is 0 Å². The van der Waals surface area contributed by atoms with Crippen LogP contribution in [0.1, 0.15) is 24.1 Å². The lowest BCUT2D eigenvalue weighted by Gasteiger charge is -2.17. The van der Waals surface area contributed by atoms with E-state index in [1.807, 2.05) is 22.7 Å². The van der Waals surface area contributed by atoms with Gasteiger partial charge in [0.2, 0.25) is 0 Å². The maximum Gasteiger partial charge on any atom is 0.186 e. The Labute approximate surface area is 169 Å². The standard InChI is InChI=1S/C24H21N5/c1-16-12-14-19(15-13-16)22-24-26-23(25-17(2)18-8-4-3-5-9-18)20-10-6-7-11-21(20)29(24)28-27-22/h3-15,17H,1-2H3,(H,25,26)/t17-/m0/s1. The summed E-state index contributed by atoms with van der Waals surface area (Å²) in [6, 6.07) is 26.9. The molecule has 0 aliphatic rings. The van der Waals surface area contributed by atoms with Crippen LogP contribution in [0.5, 0.6) is 0 Å². The maximum absolute atomic E-state index is 4.95. The van der Waals surface area contributed by atoms with Crippen molar-refractivity contribution in [1.29, 1.82) is 0 Å². The molecule has 0 amide bonds. The first-order valence-corrected chi connectivity index (χ1v) is 9.73. The van der Waals surface area contributed by atoms with Crippen molar-refractivity contribution in [3.05, 3.63) is 90.0 Å². The van der Waals surface area contributed by atoms with Crippen molar-refractivity contribution >= 4 is 22.4 Å². The molecule has 2 aromatic heterocycles. The summed E-state index contributed by atoms with van der Waals surface area (Å²) in [7, 11) is 0. The molecule has 0 saturated heterocycles. The highest BCUT2D eigenvalue weighted by molar-refractivity contribution is 5.93. The first-order chi connectivity index (χ1) is 14.2. The van der Waals surface area contributed by atoms with E-state index in [-0.39, 0.29) is 6.04 Å². The van der Waals surface area contributed by atoms with Crippen molar-refractivity contribution < 1.29 is 0 Å². The molecule has 0 aliphatic heterocycles. The van der Waals surface area contributed by atoms with Gasteiger partial charge in [-0.05, 0) is 31.5 Å². The third-order valence-corrected chi connectivity index (χ3v) is 5.23. The lowest BCUT2D eigenvalue weighted by atomic mass is 10.1. The van der Waals surface area contributed by atoms with Gasteiger partial charge >= 0.3 is 0 Å². The summed E-state index contributed by atoms with van der Waals surface area (Å²) in [5, 5.41) is 13.5. The Morgan fingerprint density at radius 3 is 2.38 bits per heavy atom. The Bertz CT molecular complexity index is 1290. The number of aromatic nitrogens is 4. The van der Waals surface area contributed by atoms with E-state index in [2.05, 4.69) is 90.1 Å². The molecule has 1 atom stereocenters. The average molecular weight is 379 g/mol. The molecule has 0 radical (unpaired) electrons. The zero-order valence-corrected chi connectivity index (χ0v) is 16.4. The highest BCUT2D eigenvalue weighted by Gasteiger charge is 2.17. The van der Waals surface area contributed by atoms with Crippen molar-refractivity contribution in [2.24, 2.45) is 0 Å². The second kappa shape index (κ2) is 7.02. The fourth-order valence-electron chi connectivity index (χ4n) is 3.60. The summed E-state index contributed by atoms with van der Waals surface area (Å²) < 4.78 is 1.82. The number of hydrogen-bond donors (Lipinski definition) is 1. The smallest absolute Gasteiger partial charge is 0.186 e. The van der Waals surface area contributed by atoms with Gasteiger partial charge < -0.3 is 5.32 Å². The lowest BCUT2D eigenvalue weighted by molar-refractivity contribution is 0.862. The van der Waals surface area contributed by atoms with Crippen LogP contribution < -0.4 is 5.32 Å². The molecule has 5 aromatic rings. The van der Waals surface area contributed by atoms with Crippen molar-refractivity contribution in [1.82, 2.24) is 19.8 Å². The number of benzene rings is 3. The van der Waals surface area contributed by atoms with E-state index in [9.17, 15) is 0 Å². The number of aryl methyl sites for hydroxylation is 1. The number of fused-ring (bicyclic) bond motifs is 3. The van der Waals surface area contributed by atoms with Crippen LogP contribution in [0.3, 0.4) is 0 Å². The van der Waals surface area contributed by atoms with Crippen molar-refractivity contribution in [3.8, 4) is 11.3 Å². The molecule has 142 valence electrons. The second-order valence-electron chi connectivity index (χ2n) is 7.29. The van der Waals surface area contributed by atoms with Crippen LogP contribution >= 0.6 is 0 Å². The topological polar surface area (TPSA) is 55.1 Å². The van der Waals surface area contributed by atoms with Crippen molar-refractivity contribution in [2.45, 2.75) is 19.9 Å². The van der Waals surface area contributed by atoms with Gasteiger partial charge in [-0.15, -0.1) is 5.10 Å². The zero-order chi connectivity index (χ0) is 19.8. The minimum Gasteiger partial charge on any atom is -0.363 e. The molecular weight excluding hydrogens is 358 g/mol. The monoisotopic (exact) mass is 379 g/mol. The van der Waals surface area contributed by atoms with Crippen LogP contribution in [-0.2, 0) is 0 Å². The molecular formula is C24H21N5. The number of para-hydroxylation sites is 1. The van der Waals surface area contributed by atoms with Crippen LogP contribution in [0, 0.1) is 6.92 Å². The number of anilines is 1. The summed E-state index contributed by atoms with van der Waals surface area (Å²) in [6.07, 6.45) is 0. The van der Waals surface area contributed by atoms with Gasteiger partial charge in [0.15, 0.2) is 5.65 Å². The van der Waals surface area contributed by atoms with Gasteiger partial charge in [0.05, 0.1) is 5.52 Å². The summed E-state index contributed by atoms with van der Waals surface area (Å²) in [6.45, 7) is 4.22. The lowest BCUT2D eigenvalue weighted by Crippen LogP contribution is -2.09. The summed E-state index contributed by atoms with van der Waals surface area (Å²) in [5.74, 6) is 0.833. The Morgan fingerprint density at radius 2 is 1.59 bits per heavy atom. The van der Waals surface area contributed by atoms with Crippen LogP contribution in [0.15, 0.2) is 78.9 Å². The van der Waals surface area contributed by atoms with Gasteiger partial charge in [-0.25, -0.2) is 4.98 Å². The van der Waals surface area contributed by atoms with E-state index in [1.165, 1.54) is 11.1 Å². The van der Waals surface area contributed by atoms with E-state index >= 15 is 0 Å². The Morgan fingerprint density at radius 1 is 0.862 bits per heavy atom. The van der Waals surface area contributed by atoms with E-state index in [4.69, 9.17) is 4.98 Å². The van der Waals surface area contributed by atoms with Crippen LogP contribution in [-0.4, -0.2) is 19.8 Å². The minimum atomic E-state index is 0.119. The van der Waals surface area contributed by atoms with E-state index < -0.39 is 0 Å². The number of nitrogens with zero attached hydrogens (tertiary/aromatic N) is 4. The fraction of sp³-hybridized carbons (Fsp3) is 0.125. The SMILES string of the molecule is Cc1ccc(-c2nnn3c2nc(N[C@@H](C)c2ccccc2)c2ccccc23)cc1. The molecule has 0 bridgehead atoms. The van der Waals surface area contributed by atoms with Gasteiger partial charge in [0.1, 0.15) is 11.5 Å². The Hall–Kier alpha value is -3.73. The number of nitrogens with one attached hydrogen (secondary N) is 1. The molecule has 0 unspecified atom stereocenters. The first-order valence-electron chi connectivity index (χ1n) is 9.73. The van der Waals surface area contributed by atoms with Crippen molar-refractivity contribution in [3.63, 3.8) is 0 Å². The Balaban J connectivity index is 1.68. The Kier molecular flexibility index (Phi) is 4.21. The minimum absolute atomic E-state index is 0.119. The molecule has 5 heteroatoms. The highest BCUT2D eigenvalue weighted by Crippen LogP contribution is 2.30. The molecule has 5 nitrogen and oxygen atoms in total. The largest absolute Gasteiger partial charge is 0.363 e. The second-order valence-corrected chi connectivity index (χ2v) is 7.29. The predicted octanol–water partition coefficient (Wildman–Crippen LogP) is 5.43. The molecule has 3 aromatic carbocycles. The van der Waals surface area contributed by atoms with Gasteiger partial charge in [-0.1, -0.05) is 77.5 Å². The predicted molar refractivity (Wildman–Crippen MR) is 117 cm³/mol. The van der Waals surface area contributed by atoms with E-state index in [0.29, 0.717) is 0 Å². The highest BCUT2D eigenvalue weighted by atomic mass is 15.4. The summed E-state index contributed by atoms with van der Waals surface area (Å²) in [4.78, 5) is 4.95. The number of hydrogen-bond acceptors (Lipinski definition) is 4. The van der Waals surface area contributed by atoms with Gasteiger partial charge in [0.25, 0.3) is 0 Å². The number of rotatable bonds is 4. The third kappa shape index (κ3) is 3.10. The molecule has 0 saturated carbocycles. The molecule has 1 N–H and O–H groups in total.